The normalized spacial score (nSPS) is 41.6. The summed E-state index contributed by atoms with van der Waals surface area (Å²) in [5.41, 5.74) is 0.829. The number of aliphatic hydroxyl groups is 2. The van der Waals surface area contributed by atoms with Gasteiger partial charge in [-0.25, -0.2) is 0 Å². The molecule has 0 radical (unpaired) electrons. The molecule has 2 saturated heterocycles. The molecule has 0 spiro atoms. The van der Waals surface area contributed by atoms with Gasteiger partial charge >= 0.3 is 5.97 Å². The van der Waals surface area contributed by atoms with Crippen LogP contribution in [0.5, 0.6) is 0 Å². The smallest absolute Gasteiger partial charge is 0.308 e. The van der Waals surface area contributed by atoms with Gasteiger partial charge in [0.15, 0.2) is 24.7 Å². The topological polar surface area (TPSA) is 152 Å². The Kier molecular flexibility index (Phi) is 20.9. The van der Waals surface area contributed by atoms with Crippen LogP contribution in [0.4, 0.5) is 0 Å². The first-order chi connectivity index (χ1) is 27.4. The molecule has 0 unspecified atom stereocenters. The van der Waals surface area contributed by atoms with Crippen LogP contribution in [0.3, 0.4) is 0 Å². The number of hydrogen-bond acceptors (Lipinski definition) is 13. The predicted molar refractivity (Wildman–Crippen MR) is 222 cm³/mol. The van der Waals surface area contributed by atoms with E-state index in [9.17, 15) is 19.8 Å². The van der Waals surface area contributed by atoms with Crippen LogP contribution in [0, 0.1) is 41.4 Å². The molecule has 0 aromatic rings. The molecule has 17 atom stereocenters. The Morgan fingerprint density at radius 1 is 0.845 bits per heavy atom. The number of carbonyl (C=O) groups is 2. The van der Waals surface area contributed by atoms with Crippen molar-refractivity contribution in [1.29, 1.82) is 0 Å². The van der Waals surface area contributed by atoms with Gasteiger partial charge in [-0.15, -0.1) is 0 Å². The largest absolute Gasteiger partial charge is 0.462 e. The molecule has 3 heterocycles. The van der Waals surface area contributed by atoms with Gasteiger partial charge in [0.2, 0.25) is 0 Å². The number of methoxy groups -OCH3 is 2. The first-order valence-corrected chi connectivity index (χ1v) is 21.8. The molecule has 0 amide bonds. The standard InChI is InChI=1S/C45H79NO12/c1-15-19-53-37-23-38(48)57-36(16-2)34(24-54-44-28(6)27(5)41(49)31(9)55-44)20-25(3)17-18-35(47)26(4)21-33(22-39(51-13)52-14)43(29(37)7)58-45-30(8)40(46(11)12)42(50)32(10)56-45/h17-18,20,26-34,36-37,39-45,49-50H,15-16,19,21-24H2,1-14H3/b18-17+,25-20+/t26-,27+,28-,29+,30-,31-,32-,33-,34-,36-,37-,40-,41+,42-,43-,44-,45+/m1/s1. The molecule has 0 aromatic carbocycles. The van der Waals surface area contributed by atoms with Crippen LogP contribution in [0.25, 0.3) is 0 Å². The zero-order chi connectivity index (χ0) is 43.4. The maximum atomic E-state index is 14.2. The van der Waals surface area contributed by atoms with E-state index in [2.05, 4.69) is 0 Å². The summed E-state index contributed by atoms with van der Waals surface area (Å²) in [4.78, 5) is 30.1. The average molecular weight is 826 g/mol. The molecule has 3 aliphatic rings. The Morgan fingerprint density at radius 3 is 2.09 bits per heavy atom. The third-order valence-electron chi connectivity index (χ3n) is 12.9. The molecule has 0 aromatic heterocycles. The van der Waals surface area contributed by atoms with Gasteiger partial charge in [-0.2, -0.15) is 0 Å². The van der Waals surface area contributed by atoms with Crippen molar-refractivity contribution in [2.24, 2.45) is 41.4 Å². The first kappa shape index (κ1) is 50.6. The zero-order valence-corrected chi connectivity index (χ0v) is 38.0. The SMILES string of the molecule is CCCO[C@@H]1CC(=O)O[C@H](CC)[C@@H](CO[C@@H]2O[C@H](C)[C@@H](O)[C@@H](C)[C@H]2C)/C=C(C)/C=C/C(=O)[C@H](C)C[C@H](CC(OC)OC)[C@H](O[C@@H]2O[C@H](C)[C@@H](O)[C@H](N(C)C)[C@H]2C)[C@H]1C. The number of likely N-dealkylation sites (N-methyl/N-ethyl adjacent to an activating group) is 1. The summed E-state index contributed by atoms with van der Waals surface area (Å²) in [7, 11) is 7.06. The quantitative estimate of drug-likeness (QED) is 0.157. The highest BCUT2D eigenvalue weighted by molar-refractivity contribution is 5.91. The maximum Gasteiger partial charge on any atom is 0.308 e. The Hall–Kier alpha value is -1.78. The molecule has 3 rings (SSSR count). The summed E-state index contributed by atoms with van der Waals surface area (Å²) in [5, 5.41) is 21.7. The summed E-state index contributed by atoms with van der Waals surface area (Å²) < 4.78 is 50.3. The lowest BCUT2D eigenvalue weighted by atomic mass is 9.79. The van der Waals surface area contributed by atoms with Crippen LogP contribution in [0.1, 0.15) is 101 Å². The number of esters is 1. The molecule has 0 bridgehead atoms. The lowest BCUT2D eigenvalue weighted by Gasteiger charge is -2.48. The lowest BCUT2D eigenvalue weighted by molar-refractivity contribution is -0.290. The first-order valence-electron chi connectivity index (χ1n) is 21.8. The summed E-state index contributed by atoms with van der Waals surface area (Å²) in [5.74, 6) is -2.19. The molecule has 3 aliphatic heterocycles. The van der Waals surface area contributed by atoms with Crippen LogP contribution in [-0.4, -0.2) is 136 Å². The van der Waals surface area contributed by atoms with E-state index >= 15 is 0 Å². The minimum atomic E-state index is -0.724. The van der Waals surface area contributed by atoms with E-state index < -0.39 is 67.4 Å². The maximum absolute atomic E-state index is 14.2. The number of aliphatic hydroxyl groups excluding tert-OH is 2. The second-order valence-electron chi connectivity index (χ2n) is 17.6. The van der Waals surface area contributed by atoms with Crippen LogP contribution < -0.4 is 0 Å². The molecule has 2 fully saturated rings. The van der Waals surface area contributed by atoms with Crippen molar-refractivity contribution in [1.82, 2.24) is 4.90 Å². The third kappa shape index (κ3) is 13.6. The van der Waals surface area contributed by atoms with Crippen molar-refractivity contribution in [3.63, 3.8) is 0 Å². The van der Waals surface area contributed by atoms with Crippen LogP contribution in [0.2, 0.25) is 0 Å². The van der Waals surface area contributed by atoms with Crippen molar-refractivity contribution in [3.8, 4) is 0 Å². The van der Waals surface area contributed by atoms with Crippen molar-refractivity contribution in [3.05, 3.63) is 23.8 Å². The number of rotatable bonds is 14. The number of allylic oxidation sites excluding steroid dienone is 3. The summed E-state index contributed by atoms with van der Waals surface area (Å²) in [6.07, 6.45) is 1.72. The Balaban J connectivity index is 2.09. The highest BCUT2D eigenvalue weighted by atomic mass is 16.7. The molecular weight excluding hydrogens is 746 g/mol. The Bertz CT molecular complexity index is 1310. The number of ketones is 1. The monoisotopic (exact) mass is 826 g/mol. The van der Waals surface area contributed by atoms with Crippen LogP contribution in [0.15, 0.2) is 23.8 Å². The van der Waals surface area contributed by atoms with E-state index in [0.717, 1.165) is 12.0 Å². The Labute approximate surface area is 349 Å². The molecule has 13 nitrogen and oxygen atoms in total. The fourth-order valence-electron chi connectivity index (χ4n) is 8.95. The molecule has 2 N–H and O–H groups in total. The highest BCUT2D eigenvalue weighted by Gasteiger charge is 2.47. The minimum absolute atomic E-state index is 0.0274. The summed E-state index contributed by atoms with van der Waals surface area (Å²) in [6.45, 7) is 20.2. The molecule has 0 aliphatic carbocycles. The van der Waals surface area contributed by atoms with E-state index in [0.29, 0.717) is 25.9 Å². The van der Waals surface area contributed by atoms with Crippen LogP contribution >= 0.6 is 0 Å². The number of ether oxygens (including phenoxy) is 8. The molecule has 58 heavy (non-hydrogen) atoms. The van der Waals surface area contributed by atoms with Gasteiger partial charge in [0, 0.05) is 62.9 Å². The van der Waals surface area contributed by atoms with Gasteiger partial charge < -0.3 is 53.0 Å². The van der Waals surface area contributed by atoms with Gasteiger partial charge in [0.25, 0.3) is 0 Å². The van der Waals surface area contributed by atoms with E-state index in [4.69, 9.17) is 37.9 Å². The fraction of sp³-hybridized carbons (Fsp3) is 0.867. The lowest BCUT2D eigenvalue weighted by Crippen LogP contribution is -2.59. The Morgan fingerprint density at radius 2 is 1.48 bits per heavy atom. The van der Waals surface area contributed by atoms with E-state index in [1.807, 2.05) is 100 Å². The number of cyclic esters (lactones) is 1. The van der Waals surface area contributed by atoms with E-state index in [1.54, 1.807) is 20.3 Å². The van der Waals surface area contributed by atoms with Gasteiger partial charge in [0.1, 0.15) is 6.10 Å². The zero-order valence-electron chi connectivity index (χ0n) is 38.0. The van der Waals surface area contributed by atoms with Gasteiger partial charge in [-0.3, -0.25) is 9.59 Å². The number of hydrogen-bond donors (Lipinski definition) is 2. The second kappa shape index (κ2) is 24.0. The van der Waals surface area contributed by atoms with Crippen LogP contribution in [-0.2, 0) is 47.5 Å². The van der Waals surface area contributed by atoms with Crippen molar-refractivity contribution in [2.75, 3.05) is 41.5 Å². The minimum Gasteiger partial charge on any atom is -0.462 e. The second-order valence-corrected chi connectivity index (χ2v) is 17.6. The molecule has 0 saturated carbocycles. The molecule has 336 valence electrons. The number of nitrogens with zero attached hydrogens (tertiary/aromatic N) is 1. The van der Waals surface area contributed by atoms with Gasteiger partial charge in [-0.05, 0) is 72.0 Å². The van der Waals surface area contributed by atoms with Crippen molar-refractivity contribution in [2.45, 2.75) is 169 Å². The van der Waals surface area contributed by atoms with Crippen molar-refractivity contribution < 1.29 is 57.7 Å². The fourth-order valence-corrected chi connectivity index (χ4v) is 8.95. The van der Waals surface area contributed by atoms with E-state index in [1.165, 1.54) is 0 Å². The van der Waals surface area contributed by atoms with Gasteiger partial charge in [0.05, 0.1) is 49.7 Å². The van der Waals surface area contributed by atoms with Crippen molar-refractivity contribution >= 4 is 11.8 Å². The summed E-state index contributed by atoms with van der Waals surface area (Å²) in [6, 6.07) is -0.238. The summed E-state index contributed by atoms with van der Waals surface area (Å²) >= 11 is 0. The van der Waals surface area contributed by atoms with Gasteiger partial charge in [-0.1, -0.05) is 66.2 Å². The highest BCUT2D eigenvalue weighted by Crippen LogP contribution is 2.38. The van der Waals surface area contributed by atoms with E-state index in [-0.39, 0.29) is 66.5 Å². The average Bonchev–Trinajstić information content (AvgIpc) is 3.18. The predicted octanol–water partition coefficient (Wildman–Crippen LogP) is 5.93. The third-order valence-corrected chi connectivity index (χ3v) is 12.9. The molecule has 13 heteroatoms. The molecular formula is C45H79NO12. The number of carbonyl (C=O) groups excluding carboxylic acids is 2.